The van der Waals surface area contributed by atoms with Gasteiger partial charge in [0, 0.05) is 23.5 Å². The van der Waals surface area contributed by atoms with Crippen LogP contribution in [-0.2, 0) is 6.54 Å². The first-order valence-electron chi connectivity index (χ1n) is 6.28. The summed E-state index contributed by atoms with van der Waals surface area (Å²) in [5.41, 5.74) is 9.22. The summed E-state index contributed by atoms with van der Waals surface area (Å²) in [6, 6.07) is 13.6. The Morgan fingerprint density at radius 2 is 1.95 bits per heavy atom. The fraction of sp³-hybridized carbons (Fsp3) is 0.0667. The van der Waals surface area contributed by atoms with E-state index in [-0.39, 0.29) is 0 Å². The standard InChI is InChI=1S/C15H14N4O/c16-9-14-8-15(19-20-14)11-3-5-12(6-4-11)18-13-2-1-7-17-10-13/h1-8,10,18H,9,16H2. The monoisotopic (exact) mass is 266 g/mol. The molecule has 0 unspecified atom stereocenters. The summed E-state index contributed by atoms with van der Waals surface area (Å²) >= 11 is 0. The van der Waals surface area contributed by atoms with E-state index in [1.165, 1.54) is 0 Å². The fourth-order valence-electron chi connectivity index (χ4n) is 1.87. The Bertz CT molecular complexity index is 677. The highest BCUT2D eigenvalue weighted by molar-refractivity contribution is 5.65. The molecule has 0 atom stereocenters. The van der Waals surface area contributed by atoms with Gasteiger partial charge < -0.3 is 15.6 Å². The lowest BCUT2D eigenvalue weighted by atomic mass is 10.1. The molecule has 0 saturated heterocycles. The van der Waals surface area contributed by atoms with Crippen LogP contribution in [0.25, 0.3) is 11.3 Å². The number of aromatic nitrogens is 2. The molecule has 3 rings (SSSR count). The largest absolute Gasteiger partial charge is 0.359 e. The van der Waals surface area contributed by atoms with E-state index < -0.39 is 0 Å². The topological polar surface area (TPSA) is 77.0 Å². The van der Waals surface area contributed by atoms with Crippen molar-refractivity contribution in [3.63, 3.8) is 0 Å². The van der Waals surface area contributed by atoms with Crippen molar-refractivity contribution in [2.75, 3.05) is 5.32 Å². The van der Waals surface area contributed by atoms with Gasteiger partial charge >= 0.3 is 0 Å². The number of rotatable bonds is 4. The van der Waals surface area contributed by atoms with Gasteiger partial charge in [-0.05, 0) is 24.3 Å². The van der Waals surface area contributed by atoms with Gasteiger partial charge in [-0.3, -0.25) is 4.98 Å². The van der Waals surface area contributed by atoms with Gasteiger partial charge in [0.2, 0.25) is 0 Å². The Labute approximate surface area is 116 Å². The molecule has 0 spiro atoms. The molecule has 5 heteroatoms. The van der Waals surface area contributed by atoms with Crippen molar-refractivity contribution in [3.05, 3.63) is 60.6 Å². The van der Waals surface area contributed by atoms with Crippen molar-refractivity contribution in [2.45, 2.75) is 6.54 Å². The number of nitrogens with one attached hydrogen (secondary N) is 1. The van der Waals surface area contributed by atoms with Gasteiger partial charge in [-0.25, -0.2) is 0 Å². The molecule has 3 aromatic rings. The Morgan fingerprint density at radius 3 is 2.60 bits per heavy atom. The first-order chi connectivity index (χ1) is 9.85. The highest BCUT2D eigenvalue weighted by Gasteiger charge is 2.05. The highest BCUT2D eigenvalue weighted by atomic mass is 16.5. The zero-order chi connectivity index (χ0) is 13.8. The highest BCUT2D eigenvalue weighted by Crippen LogP contribution is 2.22. The maximum absolute atomic E-state index is 5.50. The molecule has 3 N–H and O–H groups in total. The third-order valence-corrected chi connectivity index (χ3v) is 2.89. The molecule has 0 fully saturated rings. The van der Waals surface area contributed by atoms with E-state index >= 15 is 0 Å². The van der Waals surface area contributed by atoms with Gasteiger partial charge in [-0.15, -0.1) is 0 Å². The predicted molar refractivity (Wildman–Crippen MR) is 77.4 cm³/mol. The van der Waals surface area contributed by atoms with E-state index in [0.717, 1.165) is 22.6 Å². The average molecular weight is 266 g/mol. The summed E-state index contributed by atoms with van der Waals surface area (Å²) in [6.07, 6.45) is 3.52. The minimum absolute atomic E-state index is 0.355. The van der Waals surface area contributed by atoms with Crippen LogP contribution in [-0.4, -0.2) is 10.1 Å². The number of nitrogens with zero attached hydrogens (tertiary/aromatic N) is 2. The number of nitrogens with two attached hydrogens (primary N) is 1. The van der Waals surface area contributed by atoms with Gasteiger partial charge in [-0.2, -0.15) is 0 Å². The van der Waals surface area contributed by atoms with E-state index in [1.807, 2.05) is 42.5 Å². The van der Waals surface area contributed by atoms with Gasteiger partial charge in [0.25, 0.3) is 0 Å². The maximum Gasteiger partial charge on any atom is 0.150 e. The molecule has 1 aromatic carbocycles. The molecular weight excluding hydrogens is 252 g/mol. The second-order valence-electron chi connectivity index (χ2n) is 4.33. The predicted octanol–water partition coefficient (Wildman–Crippen LogP) is 2.94. The molecule has 0 aliphatic carbocycles. The molecule has 2 heterocycles. The summed E-state index contributed by atoms with van der Waals surface area (Å²) < 4.78 is 5.10. The van der Waals surface area contributed by atoms with Crippen LogP contribution in [0.3, 0.4) is 0 Å². The van der Waals surface area contributed by atoms with Crippen molar-refractivity contribution in [3.8, 4) is 11.3 Å². The summed E-state index contributed by atoms with van der Waals surface area (Å²) in [5, 5.41) is 7.26. The van der Waals surface area contributed by atoms with E-state index in [2.05, 4.69) is 15.5 Å². The summed E-state index contributed by atoms with van der Waals surface area (Å²) in [4.78, 5) is 4.06. The number of pyridine rings is 1. The van der Waals surface area contributed by atoms with Crippen LogP contribution in [0, 0.1) is 0 Å². The van der Waals surface area contributed by atoms with E-state index in [9.17, 15) is 0 Å². The molecule has 0 aliphatic heterocycles. The first-order valence-corrected chi connectivity index (χ1v) is 6.28. The minimum atomic E-state index is 0.355. The second kappa shape index (κ2) is 5.54. The fourth-order valence-corrected chi connectivity index (χ4v) is 1.87. The van der Waals surface area contributed by atoms with Gasteiger partial charge in [0.1, 0.15) is 5.69 Å². The number of benzene rings is 1. The Kier molecular flexibility index (Phi) is 3.43. The number of anilines is 2. The second-order valence-corrected chi connectivity index (χ2v) is 4.33. The van der Waals surface area contributed by atoms with Crippen molar-refractivity contribution in [2.24, 2.45) is 5.73 Å². The van der Waals surface area contributed by atoms with Gasteiger partial charge in [0.15, 0.2) is 5.76 Å². The Hall–Kier alpha value is -2.66. The Balaban J connectivity index is 1.77. The number of hydrogen-bond acceptors (Lipinski definition) is 5. The molecule has 0 radical (unpaired) electrons. The van der Waals surface area contributed by atoms with E-state index in [1.54, 1.807) is 12.4 Å². The Morgan fingerprint density at radius 1 is 1.10 bits per heavy atom. The lowest BCUT2D eigenvalue weighted by molar-refractivity contribution is 0.387. The normalized spacial score (nSPS) is 10.4. The zero-order valence-corrected chi connectivity index (χ0v) is 10.8. The van der Waals surface area contributed by atoms with Crippen molar-refractivity contribution < 1.29 is 4.52 Å². The van der Waals surface area contributed by atoms with Gasteiger partial charge in [0.05, 0.1) is 18.4 Å². The smallest absolute Gasteiger partial charge is 0.150 e. The van der Waals surface area contributed by atoms with Crippen molar-refractivity contribution in [1.82, 2.24) is 10.1 Å². The van der Waals surface area contributed by atoms with E-state index in [4.69, 9.17) is 10.3 Å². The molecule has 5 nitrogen and oxygen atoms in total. The third-order valence-electron chi connectivity index (χ3n) is 2.89. The van der Waals surface area contributed by atoms with Crippen LogP contribution in [0.1, 0.15) is 5.76 Å². The van der Waals surface area contributed by atoms with Crippen LogP contribution in [0.15, 0.2) is 59.4 Å². The zero-order valence-electron chi connectivity index (χ0n) is 10.8. The average Bonchev–Trinajstić information content (AvgIpc) is 2.98. The molecule has 0 aliphatic rings. The SMILES string of the molecule is NCc1cc(-c2ccc(Nc3cccnc3)cc2)no1. The van der Waals surface area contributed by atoms with Crippen molar-refractivity contribution in [1.29, 1.82) is 0 Å². The van der Waals surface area contributed by atoms with Crippen LogP contribution in [0.2, 0.25) is 0 Å². The summed E-state index contributed by atoms with van der Waals surface area (Å²) in [7, 11) is 0. The molecular formula is C15H14N4O. The van der Waals surface area contributed by atoms with Crippen molar-refractivity contribution >= 4 is 11.4 Å². The lowest BCUT2D eigenvalue weighted by Crippen LogP contribution is -1.92. The quantitative estimate of drug-likeness (QED) is 0.759. The van der Waals surface area contributed by atoms with E-state index in [0.29, 0.717) is 12.3 Å². The van der Waals surface area contributed by atoms with Crippen LogP contribution >= 0.6 is 0 Å². The minimum Gasteiger partial charge on any atom is -0.359 e. The summed E-state index contributed by atoms with van der Waals surface area (Å²) in [5.74, 6) is 0.678. The van der Waals surface area contributed by atoms with Crippen LogP contribution in [0.4, 0.5) is 11.4 Å². The maximum atomic E-state index is 5.50. The third kappa shape index (κ3) is 2.67. The lowest BCUT2D eigenvalue weighted by Gasteiger charge is -2.05. The summed E-state index contributed by atoms with van der Waals surface area (Å²) in [6.45, 7) is 0.355. The van der Waals surface area contributed by atoms with Crippen LogP contribution < -0.4 is 11.1 Å². The molecule has 100 valence electrons. The molecule has 20 heavy (non-hydrogen) atoms. The molecule has 2 aromatic heterocycles. The molecule has 0 saturated carbocycles. The van der Waals surface area contributed by atoms with Crippen LogP contribution in [0.5, 0.6) is 0 Å². The van der Waals surface area contributed by atoms with Gasteiger partial charge in [-0.1, -0.05) is 17.3 Å². The molecule has 0 amide bonds. The molecule has 0 bridgehead atoms. The first kappa shape index (κ1) is 12.4. The number of hydrogen-bond donors (Lipinski definition) is 2.